The molecule has 102 valence electrons. The lowest BCUT2D eigenvalue weighted by atomic mass is 10.1. The van der Waals surface area contributed by atoms with E-state index in [0.717, 1.165) is 37.2 Å². The SMILES string of the molecule is CCCN(CCC)CC(O)c1cccc(OC)c1. The Morgan fingerprint density at radius 1 is 1.22 bits per heavy atom. The molecule has 0 aliphatic heterocycles. The van der Waals surface area contributed by atoms with Crippen LogP contribution in [-0.2, 0) is 0 Å². The van der Waals surface area contributed by atoms with E-state index in [0.29, 0.717) is 6.54 Å². The Bertz CT molecular complexity index is 335. The highest BCUT2D eigenvalue weighted by molar-refractivity contribution is 5.29. The van der Waals surface area contributed by atoms with E-state index in [1.807, 2.05) is 24.3 Å². The average Bonchev–Trinajstić information content (AvgIpc) is 2.39. The summed E-state index contributed by atoms with van der Waals surface area (Å²) in [6.07, 6.45) is 1.79. The van der Waals surface area contributed by atoms with Crippen LogP contribution < -0.4 is 4.74 Å². The van der Waals surface area contributed by atoms with Gasteiger partial charge >= 0.3 is 0 Å². The third-order valence-corrected chi connectivity index (χ3v) is 2.99. The zero-order chi connectivity index (χ0) is 13.4. The van der Waals surface area contributed by atoms with Crippen LogP contribution in [-0.4, -0.2) is 36.8 Å². The van der Waals surface area contributed by atoms with E-state index in [4.69, 9.17) is 4.74 Å². The van der Waals surface area contributed by atoms with Crippen LogP contribution in [0, 0.1) is 0 Å². The molecule has 18 heavy (non-hydrogen) atoms. The maximum atomic E-state index is 10.3. The first-order chi connectivity index (χ1) is 8.71. The molecule has 0 bridgehead atoms. The molecule has 1 unspecified atom stereocenters. The minimum absolute atomic E-state index is 0.446. The van der Waals surface area contributed by atoms with E-state index in [9.17, 15) is 5.11 Å². The summed E-state index contributed by atoms with van der Waals surface area (Å²) >= 11 is 0. The van der Waals surface area contributed by atoms with Gasteiger partial charge in [0.05, 0.1) is 13.2 Å². The molecule has 0 aliphatic rings. The van der Waals surface area contributed by atoms with Crippen molar-refractivity contribution in [2.24, 2.45) is 0 Å². The molecule has 0 aromatic heterocycles. The lowest BCUT2D eigenvalue weighted by molar-refractivity contribution is 0.113. The molecule has 1 aromatic rings. The lowest BCUT2D eigenvalue weighted by Crippen LogP contribution is -2.30. The van der Waals surface area contributed by atoms with E-state index in [2.05, 4.69) is 18.7 Å². The number of ether oxygens (including phenoxy) is 1. The van der Waals surface area contributed by atoms with Crippen LogP contribution in [0.1, 0.15) is 38.4 Å². The molecule has 1 rings (SSSR count). The molecule has 0 saturated carbocycles. The molecule has 0 radical (unpaired) electrons. The van der Waals surface area contributed by atoms with E-state index < -0.39 is 6.10 Å². The molecule has 0 fully saturated rings. The first kappa shape index (κ1) is 15.0. The second-order valence-corrected chi connectivity index (χ2v) is 4.59. The van der Waals surface area contributed by atoms with Crippen molar-refractivity contribution in [1.82, 2.24) is 4.90 Å². The van der Waals surface area contributed by atoms with Gasteiger partial charge in [-0.05, 0) is 43.6 Å². The number of hydrogen-bond acceptors (Lipinski definition) is 3. The first-order valence-electron chi connectivity index (χ1n) is 6.75. The fourth-order valence-corrected chi connectivity index (χ4v) is 2.13. The number of benzene rings is 1. The van der Waals surface area contributed by atoms with Crippen LogP contribution in [0.3, 0.4) is 0 Å². The summed E-state index contributed by atoms with van der Waals surface area (Å²) < 4.78 is 5.18. The Balaban J connectivity index is 2.63. The Kier molecular flexibility index (Phi) is 6.76. The number of aliphatic hydroxyl groups is 1. The molecule has 0 amide bonds. The molecule has 0 saturated heterocycles. The van der Waals surface area contributed by atoms with Crippen molar-refractivity contribution in [3.63, 3.8) is 0 Å². The van der Waals surface area contributed by atoms with Gasteiger partial charge in [-0.3, -0.25) is 0 Å². The number of hydrogen-bond donors (Lipinski definition) is 1. The van der Waals surface area contributed by atoms with E-state index >= 15 is 0 Å². The minimum Gasteiger partial charge on any atom is -0.497 e. The minimum atomic E-state index is -0.446. The van der Waals surface area contributed by atoms with E-state index in [1.165, 1.54) is 0 Å². The quantitative estimate of drug-likeness (QED) is 0.771. The lowest BCUT2D eigenvalue weighted by Gasteiger charge is -2.24. The summed E-state index contributed by atoms with van der Waals surface area (Å²) in [5, 5.41) is 10.3. The number of methoxy groups -OCH3 is 1. The van der Waals surface area contributed by atoms with Gasteiger partial charge in [0, 0.05) is 6.54 Å². The summed E-state index contributed by atoms with van der Waals surface area (Å²) in [5.41, 5.74) is 0.923. The average molecular weight is 251 g/mol. The van der Waals surface area contributed by atoms with Crippen LogP contribution in [0.2, 0.25) is 0 Å². The van der Waals surface area contributed by atoms with Crippen LogP contribution in [0.25, 0.3) is 0 Å². The van der Waals surface area contributed by atoms with Crippen LogP contribution in [0.5, 0.6) is 5.75 Å². The zero-order valence-corrected chi connectivity index (χ0v) is 11.7. The fourth-order valence-electron chi connectivity index (χ4n) is 2.13. The highest BCUT2D eigenvalue weighted by Gasteiger charge is 2.13. The Labute approximate surface area is 110 Å². The van der Waals surface area contributed by atoms with Crippen LogP contribution in [0.4, 0.5) is 0 Å². The van der Waals surface area contributed by atoms with Gasteiger partial charge in [0.2, 0.25) is 0 Å². The highest BCUT2D eigenvalue weighted by atomic mass is 16.5. The monoisotopic (exact) mass is 251 g/mol. The molecular formula is C15H25NO2. The van der Waals surface area contributed by atoms with Crippen molar-refractivity contribution in [3.8, 4) is 5.75 Å². The summed E-state index contributed by atoms with van der Waals surface area (Å²) in [6.45, 7) is 7.10. The number of nitrogens with zero attached hydrogens (tertiary/aromatic N) is 1. The van der Waals surface area contributed by atoms with Crippen molar-refractivity contribution in [2.45, 2.75) is 32.8 Å². The van der Waals surface area contributed by atoms with Gasteiger partial charge in [-0.15, -0.1) is 0 Å². The fraction of sp³-hybridized carbons (Fsp3) is 0.600. The van der Waals surface area contributed by atoms with Gasteiger partial charge in [0.25, 0.3) is 0 Å². The third kappa shape index (κ3) is 4.67. The smallest absolute Gasteiger partial charge is 0.119 e. The van der Waals surface area contributed by atoms with Crippen LogP contribution >= 0.6 is 0 Å². The standard InChI is InChI=1S/C15H25NO2/c1-4-9-16(10-5-2)12-15(17)13-7-6-8-14(11-13)18-3/h6-8,11,15,17H,4-5,9-10,12H2,1-3H3. The molecule has 0 spiro atoms. The van der Waals surface area contributed by atoms with E-state index in [-0.39, 0.29) is 0 Å². The van der Waals surface area contributed by atoms with E-state index in [1.54, 1.807) is 7.11 Å². The summed E-state index contributed by atoms with van der Waals surface area (Å²) in [5.74, 6) is 0.795. The molecule has 0 heterocycles. The summed E-state index contributed by atoms with van der Waals surface area (Å²) in [4.78, 5) is 2.31. The Morgan fingerprint density at radius 2 is 1.89 bits per heavy atom. The van der Waals surface area contributed by atoms with Gasteiger partial charge in [0.1, 0.15) is 5.75 Å². The summed E-state index contributed by atoms with van der Waals surface area (Å²) in [7, 11) is 1.64. The predicted molar refractivity (Wildman–Crippen MR) is 75.0 cm³/mol. The third-order valence-electron chi connectivity index (χ3n) is 2.99. The highest BCUT2D eigenvalue weighted by Crippen LogP contribution is 2.20. The first-order valence-corrected chi connectivity index (χ1v) is 6.75. The maximum Gasteiger partial charge on any atom is 0.119 e. The van der Waals surface area contributed by atoms with Gasteiger partial charge in [-0.25, -0.2) is 0 Å². The second kappa shape index (κ2) is 8.11. The van der Waals surface area contributed by atoms with Crippen molar-refractivity contribution in [1.29, 1.82) is 0 Å². The summed E-state index contributed by atoms with van der Waals surface area (Å²) in [6, 6.07) is 7.66. The van der Waals surface area contributed by atoms with Crippen molar-refractivity contribution in [3.05, 3.63) is 29.8 Å². The van der Waals surface area contributed by atoms with Gasteiger partial charge < -0.3 is 14.7 Å². The maximum absolute atomic E-state index is 10.3. The van der Waals surface area contributed by atoms with Crippen molar-refractivity contribution >= 4 is 0 Å². The topological polar surface area (TPSA) is 32.7 Å². The van der Waals surface area contributed by atoms with Gasteiger partial charge in [0.15, 0.2) is 0 Å². The van der Waals surface area contributed by atoms with Crippen LogP contribution in [0.15, 0.2) is 24.3 Å². The zero-order valence-electron chi connectivity index (χ0n) is 11.7. The molecule has 0 aliphatic carbocycles. The largest absolute Gasteiger partial charge is 0.497 e. The molecule has 1 N–H and O–H groups in total. The van der Waals surface area contributed by atoms with Crippen molar-refractivity contribution < 1.29 is 9.84 Å². The predicted octanol–water partition coefficient (Wildman–Crippen LogP) is 2.85. The van der Waals surface area contributed by atoms with Crippen molar-refractivity contribution in [2.75, 3.05) is 26.7 Å². The molecule has 3 nitrogen and oxygen atoms in total. The molecule has 3 heteroatoms. The second-order valence-electron chi connectivity index (χ2n) is 4.59. The molecule has 1 atom stereocenters. The molecule has 1 aromatic carbocycles. The number of rotatable bonds is 8. The van der Waals surface area contributed by atoms with Gasteiger partial charge in [-0.2, -0.15) is 0 Å². The van der Waals surface area contributed by atoms with Gasteiger partial charge in [-0.1, -0.05) is 26.0 Å². The number of aliphatic hydroxyl groups excluding tert-OH is 1. The Hall–Kier alpha value is -1.06. The molecular weight excluding hydrogens is 226 g/mol. The Morgan fingerprint density at radius 3 is 2.44 bits per heavy atom. The normalized spacial score (nSPS) is 12.7.